The number of nitrogens with one attached hydrogen (secondary N) is 3. The number of ether oxygens (including phenoxy) is 2. The maximum absolute atomic E-state index is 14.0. The van der Waals surface area contributed by atoms with Crippen LogP contribution in [0.4, 0.5) is 11.4 Å². The number of anilines is 2. The van der Waals surface area contributed by atoms with Crippen LogP contribution in [0.25, 0.3) is 43.6 Å². The molecule has 7 heterocycles. The third-order valence-electron chi connectivity index (χ3n) is 12.3. The van der Waals surface area contributed by atoms with Gasteiger partial charge >= 0.3 is 5.97 Å². The molecule has 2 aromatic heterocycles. The van der Waals surface area contributed by atoms with Crippen LogP contribution in [0.5, 0.6) is 0 Å². The van der Waals surface area contributed by atoms with Crippen molar-refractivity contribution in [2.24, 2.45) is 0 Å². The number of hydrogen-bond donors (Lipinski definition) is 4. The molecule has 2 bridgehead atoms. The van der Waals surface area contributed by atoms with Crippen LogP contribution in [0.1, 0.15) is 74.0 Å². The highest BCUT2D eigenvalue weighted by molar-refractivity contribution is 7.80. The predicted molar refractivity (Wildman–Crippen MR) is 212 cm³/mol. The maximum atomic E-state index is 14.0. The molecule has 10 rings (SSSR count). The number of carbonyl (C=O) groups excluding carboxylic acids is 2. The minimum Gasteiger partial charge on any atom is -0.467 e. The highest BCUT2D eigenvalue weighted by Gasteiger charge is 2.66. The lowest BCUT2D eigenvalue weighted by atomic mass is 9.88. The van der Waals surface area contributed by atoms with Gasteiger partial charge in [0, 0.05) is 72.1 Å². The molecule has 5 aliphatic rings. The van der Waals surface area contributed by atoms with Crippen LogP contribution in [0.15, 0.2) is 36.4 Å². The summed E-state index contributed by atoms with van der Waals surface area (Å²) in [7, 11) is 1.29. The number of piperidine rings is 2. The average Bonchev–Trinajstić information content (AvgIpc) is 3.88. The molecular weight excluding hydrogens is 711 g/mol. The molecule has 0 saturated carbocycles. The van der Waals surface area contributed by atoms with E-state index in [9.17, 15) is 14.7 Å². The van der Waals surface area contributed by atoms with Crippen LogP contribution < -0.4 is 16.0 Å². The van der Waals surface area contributed by atoms with E-state index in [0.717, 1.165) is 112 Å². The van der Waals surface area contributed by atoms with Crippen molar-refractivity contribution in [3.05, 3.63) is 47.5 Å². The maximum Gasteiger partial charge on any atom is 0.343 e. The second kappa shape index (κ2) is 11.7. The molecule has 0 spiro atoms. The Morgan fingerprint density at radius 1 is 0.887 bits per heavy atom. The number of hydrogen-bond acceptors (Lipinski definition) is 7. The minimum atomic E-state index is -2.03. The molecule has 12 nitrogen and oxygen atoms in total. The summed E-state index contributed by atoms with van der Waals surface area (Å²) in [4.78, 5) is 32.1. The SMILES string of the molecule is COC(=O)C1(O)CC2OC1(C)n1c3ccc(NC(=S)N4CCCCC4)cc3c3c4c(c5c6cc(NC(=S)N7CCCCC7)ccc6n2c5c31)C(=O)NC4. The third kappa shape index (κ3) is 4.52. The van der Waals surface area contributed by atoms with E-state index >= 15 is 0 Å². The lowest BCUT2D eigenvalue weighted by Crippen LogP contribution is -2.56. The van der Waals surface area contributed by atoms with Gasteiger partial charge in [0.05, 0.1) is 34.7 Å². The summed E-state index contributed by atoms with van der Waals surface area (Å²) >= 11 is 11.7. The first-order valence-corrected chi connectivity index (χ1v) is 19.4. The summed E-state index contributed by atoms with van der Waals surface area (Å²) in [6, 6.07) is 12.1. The van der Waals surface area contributed by atoms with E-state index in [1.807, 2.05) is 28.8 Å². The first kappa shape index (κ1) is 33.1. The number of methoxy groups -OCH3 is 1. The van der Waals surface area contributed by atoms with E-state index < -0.39 is 23.5 Å². The number of nitrogens with zero attached hydrogens (tertiary/aromatic N) is 4. The summed E-state index contributed by atoms with van der Waals surface area (Å²) < 4.78 is 16.3. The van der Waals surface area contributed by atoms with E-state index in [-0.39, 0.29) is 12.3 Å². The van der Waals surface area contributed by atoms with Gasteiger partial charge in [-0.2, -0.15) is 0 Å². The molecule has 274 valence electrons. The van der Waals surface area contributed by atoms with Crippen LogP contribution in [0.3, 0.4) is 0 Å². The standard InChI is InChI=1S/C39H41N7O5S2/c1-38-39(49,35(48)50-2)19-28(51-38)45-26-11-9-21(41-36(52)43-13-5-3-6-14-43)17-23(26)30-31-25(20-40-34(31)47)29-24-18-22(42-37(53)44-15-7-4-8-16-44)10-12-27(24)46(38)33(29)32(30)45/h9-12,17-18,28,49H,3-8,13-16,19-20H2,1-2H3,(H,40,47)(H,41,52)(H,42,53). The molecule has 5 aliphatic heterocycles. The van der Waals surface area contributed by atoms with Crippen LogP contribution in [0, 0.1) is 0 Å². The predicted octanol–water partition coefficient (Wildman–Crippen LogP) is 6.02. The number of likely N-dealkylation sites (tertiary alicyclic amines) is 2. The fraction of sp³-hybridized carbons (Fsp3) is 0.436. The van der Waals surface area contributed by atoms with Gasteiger partial charge < -0.3 is 49.5 Å². The zero-order valence-corrected chi connectivity index (χ0v) is 31.3. The van der Waals surface area contributed by atoms with Gasteiger partial charge in [-0.3, -0.25) is 4.79 Å². The number of amides is 1. The van der Waals surface area contributed by atoms with Gasteiger partial charge in [0.25, 0.3) is 5.91 Å². The first-order chi connectivity index (χ1) is 25.6. The van der Waals surface area contributed by atoms with Gasteiger partial charge in [-0.25, -0.2) is 4.79 Å². The van der Waals surface area contributed by atoms with Crippen molar-refractivity contribution >= 4 is 102 Å². The first-order valence-electron chi connectivity index (χ1n) is 18.6. The number of esters is 1. The monoisotopic (exact) mass is 751 g/mol. The lowest BCUT2D eigenvalue weighted by molar-refractivity contribution is -0.202. The number of rotatable bonds is 3. The van der Waals surface area contributed by atoms with Crippen molar-refractivity contribution in [2.75, 3.05) is 43.9 Å². The highest BCUT2D eigenvalue weighted by Crippen LogP contribution is 2.58. The zero-order chi connectivity index (χ0) is 36.4. The molecule has 3 unspecified atom stereocenters. The molecule has 3 aromatic carbocycles. The van der Waals surface area contributed by atoms with E-state index in [1.54, 1.807) is 6.92 Å². The smallest absolute Gasteiger partial charge is 0.343 e. The van der Waals surface area contributed by atoms with Gasteiger partial charge in [0.1, 0.15) is 6.23 Å². The Balaban J connectivity index is 1.25. The zero-order valence-electron chi connectivity index (χ0n) is 29.7. The fourth-order valence-electron chi connectivity index (χ4n) is 9.75. The molecule has 0 radical (unpaired) electrons. The van der Waals surface area contributed by atoms with Crippen molar-refractivity contribution in [3.8, 4) is 0 Å². The van der Waals surface area contributed by atoms with E-state index in [1.165, 1.54) is 20.0 Å². The highest BCUT2D eigenvalue weighted by atomic mass is 32.1. The van der Waals surface area contributed by atoms with Gasteiger partial charge in [-0.15, -0.1) is 0 Å². The van der Waals surface area contributed by atoms with Crippen molar-refractivity contribution in [1.82, 2.24) is 24.3 Å². The number of aliphatic hydroxyl groups is 1. The van der Waals surface area contributed by atoms with E-state index in [4.69, 9.17) is 33.9 Å². The number of carbonyl (C=O) groups is 2. The minimum absolute atomic E-state index is 0.0538. The molecule has 3 saturated heterocycles. The molecule has 5 aromatic rings. The van der Waals surface area contributed by atoms with Crippen molar-refractivity contribution in [3.63, 3.8) is 0 Å². The Kier molecular flexibility index (Phi) is 7.34. The van der Waals surface area contributed by atoms with Gasteiger partial charge in [0.15, 0.2) is 15.9 Å². The Bertz CT molecular complexity index is 2460. The lowest BCUT2D eigenvalue weighted by Gasteiger charge is -2.37. The quantitative estimate of drug-likeness (QED) is 0.128. The summed E-state index contributed by atoms with van der Waals surface area (Å²) in [6.45, 7) is 5.77. The Morgan fingerprint density at radius 2 is 1.47 bits per heavy atom. The van der Waals surface area contributed by atoms with Crippen molar-refractivity contribution in [2.45, 2.75) is 76.0 Å². The fourth-order valence-corrected chi connectivity index (χ4v) is 10.3. The Labute approximate surface area is 316 Å². The van der Waals surface area contributed by atoms with Crippen molar-refractivity contribution < 1.29 is 24.2 Å². The van der Waals surface area contributed by atoms with Crippen LogP contribution in [0.2, 0.25) is 0 Å². The Morgan fingerprint density at radius 3 is 2.08 bits per heavy atom. The summed E-state index contributed by atoms with van der Waals surface area (Å²) in [5, 5.41) is 27.3. The topological polar surface area (TPSA) is 125 Å². The van der Waals surface area contributed by atoms with Crippen LogP contribution in [-0.2, 0) is 26.5 Å². The molecule has 4 N–H and O–H groups in total. The second-order valence-corrected chi connectivity index (χ2v) is 16.0. The van der Waals surface area contributed by atoms with Crippen molar-refractivity contribution in [1.29, 1.82) is 0 Å². The Hall–Kier alpha value is -4.50. The molecule has 1 amide bonds. The second-order valence-electron chi connectivity index (χ2n) is 15.2. The van der Waals surface area contributed by atoms with Gasteiger partial charge in [-0.1, -0.05) is 0 Å². The molecule has 3 fully saturated rings. The normalized spacial score (nSPS) is 25.0. The molecule has 0 aliphatic carbocycles. The summed E-state index contributed by atoms with van der Waals surface area (Å²) in [5.74, 6) is -0.910. The number of fused-ring (bicyclic) bond motifs is 13. The summed E-state index contributed by atoms with van der Waals surface area (Å²) in [5.41, 5.74) is 2.69. The molecule has 3 atom stereocenters. The van der Waals surface area contributed by atoms with Gasteiger partial charge in [-0.05, 0) is 112 Å². The summed E-state index contributed by atoms with van der Waals surface area (Å²) in [6.07, 6.45) is 6.05. The average molecular weight is 752 g/mol. The number of aromatic nitrogens is 2. The molecule has 53 heavy (non-hydrogen) atoms. The van der Waals surface area contributed by atoms with Gasteiger partial charge in [0.2, 0.25) is 5.60 Å². The van der Waals surface area contributed by atoms with E-state index in [0.29, 0.717) is 22.3 Å². The third-order valence-corrected chi connectivity index (χ3v) is 13.1. The molecular formula is C39H41N7O5S2. The molecule has 14 heteroatoms. The largest absolute Gasteiger partial charge is 0.467 e. The van der Waals surface area contributed by atoms with Crippen LogP contribution in [-0.4, -0.2) is 85.0 Å². The number of thiocarbonyl (C=S) groups is 2. The van der Waals surface area contributed by atoms with Crippen LogP contribution >= 0.6 is 24.4 Å². The van der Waals surface area contributed by atoms with E-state index in [2.05, 4.69) is 42.5 Å². The number of benzene rings is 3.